The molecule has 4 heteroatoms. The van der Waals surface area contributed by atoms with Crippen molar-refractivity contribution >= 4 is 11.8 Å². The van der Waals surface area contributed by atoms with Crippen molar-refractivity contribution in [1.82, 2.24) is 15.1 Å². The number of nitrogens with one attached hydrogen (secondary N) is 1. The van der Waals surface area contributed by atoms with Crippen LogP contribution in [0.15, 0.2) is 12.3 Å². The van der Waals surface area contributed by atoms with Gasteiger partial charge in [-0.1, -0.05) is 33.1 Å². The third-order valence-corrected chi connectivity index (χ3v) is 5.56. The molecule has 0 saturated heterocycles. The van der Waals surface area contributed by atoms with Crippen LogP contribution in [0.25, 0.3) is 0 Å². The number of aromatic nitrogens is 2. The summed E-state index contributed by atoms with van der Waals surface area (Å²) in [5, 5.41) is 8.46. The Balaban J connectivity index is 1.86. The molecule has 1 aliphatic rings. The molecule has 0 radical (unpaired) electrons. The molecule has 1 N–H and O–H groups in total. The van der Waals surface area contributed by atoms with Crippen molar-refractivity contribution in [2.75, 3.05) is 18.1 Å². The minimum atomic E-state index is 0.557. The van der Waals surface area contributed by atoms with Gasteiger partial charge in [-0.25, -0.2) is 0 Å². The lowest BCUT2D eigenvalue weighted by atomic mass is 9.96. The van der Waals surface area contributed by atoms with Gasteiger partial charge in [-0.2, -0.15) is 16.9 Å². The Morgan fingerprint density at radius 2 is 2.14 bits per heavy atom. The first-order chi connectivity index (χ1) is 10.3. The molecule has 0 spiro atoms. The van der Waals surface area contributed by atoms with Crippen LogP contribution in [0.5, 0.6) is 0 Å². The summed E-state index contributed by atoms with van der Waals surface area (Å²) in [4.78, 5) is 0. The van der Waals surface area contributed by atoms with Crippen LogP contribution in [0, 0.1) is 0 Å². The molecule has 1 aromatic rings. The van der Waals surface area contributed by atoms with E-state index >= 15 is 0 Å². The molecule has 1 unspecified atom stereocenters. The Bertz CT molecular complexity index is 385. The lowest BCUT2D eigenvalue weighted by Gasteiger charge is -2.22. The summed E-state index contributed by atoms with van der Waals surface area (Å²) in [6.07, 6.45) is 11.3. The molecule has 0 bridgehead atoms. The van der Waals surface area contributed by atoms with Crippen LogP contribution in [-0.4, -0.2) is 33.9 Å². The van der Waals surface area contributed by atoms with Crippen molar-refractivity contribution in [2.45, 2.75) is 70.9 Å². The molecule has 1 fully saturated rings. The number of nitrogens with zero attached hydrogens (tertiary/aromatic N) is 2. The highest BCUT2D eigenvalue weighted by molar-refractivity contribution is 7.99. The van der Waals surface area contributed by atoms with Crippen molar-refractivity contribution in [1.29, 1.82) is 0 Å². The van der Waals surface area contributed by atoms with Crippen LogP contribution in [0.1, 0.15) is 64.1 Å². The van der Waals surface area contributed by atoms with Gasteiger partial charge in [0.1, 0.15) is 0 Å². The van der Waals surface area contributed by atoms with Gasteiger partial charge in [-0.15, -0.1) is 0 Å². The van der Waals surface area contributed by atoms with Crippen molar-refractivity contribution in [3.05, 3.63) is 18.0 Å². The van der Waals surface area contributed by atoms with Crippen LogP contribution in [0.4, 0.5) is 0 Å². The van der Waals surface area contributed by atoms with E-state index in [0.29, 0.717) is 12.1 Å². The number of likely N-dealkylation sites (N-methyl/N-ethyl adjacent to an activating group) is 1. The summed E-state index contributed by atoms with van der Waals surface area (Å²) in [5.41, 5.74) is 1.25. The molecule has 1 aromatic heterocycles. The maximum atomic E-state index is 4.85. The number of hydrogen-bond acceptors (Lipinski definition) is 3. The van der Waals surface area contributed by atoms with E-state index in [1.54, 1.807) is 0 Å². The molecular formula is C17H31N3S. The molecule has 0 aromatic carbocycles. The maximum absolute atomic E-state index is 4.85. The molecule has 1 saturated carbocycles. The van der Waals surface area contributed by atoms with E-state index in [1.807, 2.05) is 0 Å². The zero-order valence-electron chi connectivity index (χ0n) is 13.7. The van der Waals surface area contributed by atoms with Gasteiger partial charge < -0.3 is 5.32 Å². The topological polar surface area (TPSA) is 29.9 Å². The molecule has 0 aliphatic heterocycles. The highest BCUT2D eigenvalue weighted by Crippen LogP contribution is 2.27. The van der Waals surface area contributed by atoms with E-state index in [0.717, 1.165) is 13.0 Å². The Morgan fingerprint density at radius 3 is 2.86 bits per heavy atom. The fourth-order valence-corrected chi connectivity index (χ4v) is 4.11. The zero-order valence-corrected chi connectivity index (χ0v) is 14.5. The van der Waals surface area contributed by atoms with Gasteiger partial charge in [0.2, 0.25) is 0 Å². The normalized spacial score (nSPS) is 18.0. The Hall–Kier alpha value is -0.480. The first kappa shape index (κ1) is 16.9. The molecular weight excluding hydrogens is 278 g/mol. The summed E-state index contributed by atoms with van der Waals surface area (Å²) >= 11 is 2.06. The predicted molar refractivity (Wildman–Crippen MR) is 93.1 cm³/mol. The Morgan fingerprint density at radius 1 is 1.33 bits per heavy atom. The first-order valence-corrected chi connectivity index (χ1v) is 9.84. The minimum absolute atomic E-state index is 0.557. The van der Waals surface area contributed by atoms with Crippen molar-refractivity contribution < 1.29 is 0 Å². The van der Waals surface area contributed by atoms with Crippen molar-refractivity contribution in [2.24, 2.45) is 0 Å². The fraction of sp³-hybridized carbons (Fsp3) is 0.824. The van der Waals surface area contributed by atoms with Crippen LogP contribution >= 0.6 is 11.8 Å². The average Bonchev–Trinajstić information content (AvgIpc) is 2.97. The van der Waals surface area contributed by atoms with Crippen LogP contribution in [0.2, 0.25) is 0 Å². The monoisotopic (exact) mass is 309 g/mol. The van der Waals surface area contributed by atoms with E-state index in [9.17, 15) is 0 Å². The quantitative estimate of drug-likeness (QED) is 0.698. The summed E-state index contributed by atoms with van der Waals surface area (Å²) in [6.45, 7) is 5.49. The van der Waals surface area contributed by atoms with Crippen LogP contribution in [0.3, 0.4) is 0 Å². The zero-order chi connectivity index (χ0) is 14.9. The largest absolute Gasteiger partial charge is 0.313 e. The Labute approximate surface area is 134 Å². The van der Waals surface area contributed by atoms with E-state index < -0.39 is 0 Å². The van der Waals surface area contributed by atoms with Crippen molar-refractivity contribution in [3.8, 4) is 0 Å². The van der Waals surface area contributed by atoms with Gasteiger partial charge in [0.25, 0.3) is 0 Å². The molecule has 0 amide bonds. The van der Waals surface area contributed by atoms with Gasteiger partial charge in [0, 0.05) is 24.4 Å². The van der Waals surface area contributed by atoms with Gasteiger partial charge in [-0.05, 0) is 37.6 Å². The summed E-state index contributed by atoms with van der Waals surface area (Å²) in [6, 6.07) is 3.43. The lowest BCUT2D eigenvalue weighted by Crippen LogP contribution is -2.33. The number of hydrogen-bond donors (Lipinski definition) is 1. The van der Waals surface area contributed by atoms with Gasteiger partial charge in [0.05, 0.1) is 11.7 Å². The highest BCUT2D eigenvalue weighted by atomic mass is 32.2. The third kappa shape index (κ3) is 5.67. The molecule has 3 nitrogen and oxygen atoms in total. The van der Waals surface area contributed by atoms with Gasteiger partial charge in [-0.3, -0.25) is 4.68 Å². The van der Waals surface area contributed by atoms with E-state index in [2.05, 4.69) is 47.9 Å². The van der Waals surface area contributed by atoms with Crippen LogP contribution < -0.4 is 5.32 Å². The summed E-state index contributed by atoms with van der Waals surface area (Å²) in [7, 11) is 0. The fourth-order valence-electron chi connectivity index (χ4n) is 3.14. The lowest BCUT2D eigenvalue weighted by molar-refractivity contribution is 0.327. The van der Waals surface area contributed by atoms with Gasteiger partial charge >= 0.3 is 0 Å². The minimum Gasteiger partial charge on any atom is -0.313 e. The average molecular weight is 310 g/mol. The Kier molecular flexibility index (Phi) is 7.65. The highest BCUT2D eigenvalue weighted by Gasteiger charge is 2.17. The van der Waals surface area contributed by atoms with Crippen LogP contribution in [-0.2, 0) is 6.42 Å². The smallest absolute Gasteiger partial charge is 0.0640 e. The molecule has 21 heavy (non-hydrogen) atoms. The molecule has 1 heterocycles. The van der Waals surface area contributed by atoms with Crippen molar-refractivity contribution in [3.63, 3.8) is 0 Å². The predicted octanol–water partition coefficient (Wildman–Crippen LogP) is 4.05. The summed E-state index contributed by atoms with van der Waals surface area (Å²) in [5.74, 6) is 2.45. The standard InChI is InChI=1S/C17H31N3S/c1-3-12-21-14-16(18-4-2)13-15-10-11-20(19-15)17-8-6-5-7-9-17/h10-11,16-18H,3-9,12-14H2,1-2H3. The van der Waals surface area contributed by atoms with E-state index in [1.165, 1.54) is 55.7 Å². The second kappa shape index (κ2) is 9.52. The number of thioether (sulfide) groups is 1. The van der Waals surface area contributed by atoms with Gasteiger partial charge in [0.15, 0.2) is 0 Å². The second-order valence-corrected chi connectivity index (χ2v) is 7.26. The summed E-state index contributed by atoms with van der Waals surface area (Å²) < 4.78 is 2.23. The first-order valence-electron chi connectivity index (χ1n) is 8.68. The SMILES string of the molecule is CCCSCC(Cc1ccn(C2CCCCC2)n1)NCC. The molecule has 1 aliphatic carbocycles. The molecule has 2 rings (SSSR count). The maximum Gasteiger partial charge on any atom is 0.0640 e. The third-order valence-electron chi connectivity index (χ3n) is 4.23. The second-order valence-electron chi connectivity index (χ2n) is 6.11. The molecule has 1 atom stereocenters. The molecule has 120 valence electrons. The number of rotatable bonds is 9. The van der Waals surface area contributed by atoms with E-state index in [4.69, 9.17) is 5.10 Å². The van der Waals surface area contributed by atoms with E-state index in [-0.39, 0.29) is 0 Å².